The first-order chi connectivity index (χ1) is 8.88. The number of guanidine groups is 1. The van der Waals surface area contributed by atoms with Crippen molar-refractivity contribution in [3.63, 3.8) is 0 Å². The number of nitrogens with one attached hydrogen (secondary N) is 2. The van der Waals surface area contributed by atoms with E-state index in [1.54, 1.807) is 6.07 Å². The summed E-state index contributed by atoms with van der Waals surface area (Å²) in [4.78, 5) is 11.7. The normalized spacial score (nSPS) is 21.2. The molecule has 1 aromatic carbocycles. The average molecular weight is 282 g/mol. The minimum atomic E-state index is -0.583. The Morgan fingerprint density at radius 1 is 1.63 bits per heavy atom. The Morgan fingerprint density at radius 2 is 2.37 bits per heavy atom. The lowest BCUT2D eigenvalue weighted by Crippen LogP contribution is -2.44. The van der Waals surface area contributed by atoms with Crippen LogP contribution in [0.1, 0.15) is 25.3 Å². The van der Waals surface area contributed by atoms with Gasteiger partial charge in [-0.1, -0.05) is 11.6 Å². The zero-order valence-electron chi connectivity index (χ0n) is 10.6. The molecule has 1 atom stereocenters. The van der Waals surface area contributed by atoms with Crippen molar-refractivity contribution in [3.8, 4) is 5.75 Å². The van der Waals surface area contributed by atoms with E-state index in [4.69, 9.17) is 27.5 Å². The van der Waals surface area contributed by atoms with Crippen LogP contribution >= 0.6 is 11.6 Å². The summed E-state index contributed by atoms with van der Waals surface area (Å²) in [7, 11) is 0. The van der Waals surface area contributed by atoms with Crippen LogP contribution in [0.5, 0.6) is 5.75 Å². The van der Waals surface area contributed by atoms with E-state index in [1.165, 1.54) is 0 Å². The van der Waals surface area contributed by atoms with Crippen LogP contribution < -0.4 is 15.8 Å². The van der Waals surface area contributed by atoms with E-state index in [0.717, 1.165) is 17.7 Å². The number of fused-ring (bicyclic) bond motifs is 1. The quantitative estimate of drug-likeness (QED) is 0.571. The summed E-state index contributed by atoms with van der Waals surface area (Å²) < 4.78 is 5.90. The van der Waals surface area contributed by atoms with Crippen LogP contribution in [0, 0.1) is 5.41 Å². The molecule has 1 heterocycles. The first-order valence-electron chi connectivity index (χ1n) is 5.99. The zero-order valence-corrected chi connectivity index (χ0v) is 11.4. The number of benzene rings is 1. The maximum Gasteiger partial charge on any atom is 0.230 e. The largest absolute Gasteiger partial charge is 0.487 e. The fourth-order valence-corrected chi connectivity index (χ4v) is 2.41. The Labute approximate surface area is 116 Å². The van der Waals surface area contributed by atoms with Crippen molar-refractivity contribution in [1.29, 1.82) is 5.41 Å². The van der Waals surface area contributed by atoms with Gasteiger partial charge >= 0.3 is 0 Å². The molecule has 0 radical (unpaired) electrons. The van der Waals surface area contributed by atoms with Crippen LogP contribution in [0.25, 0.3) is 0 Å². The fraction of sp³-hybridized carbons (Fsp3) is 0.385. The number of nitrogens with two attached hydrogens (primary N) is 1. The van der Waals surface area contributed by atoms with E-state index in [2.05, 4.69) is 5.32 Å². The Hall–Kier alpha value is -1.75. The number of halogens is 1. The van der Waals surface area contributed by atoms with Gasteiger partial charge in [0.2, 0.25) is 5.91 Å². The van der Waals surface area contributed by atoms with Gasteiger partial charge in [-0.05, 0) is 43.5 Å². The first-order valence-corrected chi connectivity index (χ1v) is 6.37. The topological polar surface area (TPSA) is 88.2 Å². The number of ether oxygens (including phenoxy) is 1. The summed E-state index contributed by atoms with van der Waals surface area (Å²) in [5.74, 6) is 0.0952. The minimum absolute atomic E-state index is 0.161. The Bertz CT molecular complexity index is 533. The van der Waals surface area contributed by atoms with Crippen molar-refractivity contribution in [2.45, 2.75) is 31.8 Å². The molecule has 1 aliphatic heterocycles. The molecule has 0 spiro atoms. The highest BCUT2D eigenvalue weighted by Crippen LogP contribution is 2.36. The number of hydrogen-bond donors (Lipinski definition) is 3. The predicted octanol–water partition coefficient (Wildman–Crippen LogP) is 1.82. The van der Waals surface area contributed by atoms with E-state index < -0.39 is 5.60 Å². The van der Waals surface area contributed by atoms with Gasteiger partial charge in [-0.2, -0.15) is 0 Å². The van der Waals surface area contributed by atoms with Gasteiger partial charge in [0.15, 0.2) is 5.96 Å². The lowest BCUT2D eigenvalue weighted by Gasteiger charge is -2.35. The zero-order chi connectivity index (χ0) is 14.0. The van der Waals surface area contributed by atoms with Crippen LogP contribution in [0.2, 0.25) is 5.02 Å². The molecule has 0 aromatic heterocycles. The van der Waals surface area contributed by atoms with Crippen LogP contribution in [-0.4, -0.2) is 17.5 Å². The molecule has 6 heteroatoms. The van der Waals surface area contributed by atoms with Gasteiger partial charge in [0.25, 0.3) is 0 Å². The molecule has 0 fully saturated rings. The van der Waals surface area contributed by atoms with E-state index in [1.807, 2.05) is 19.1 Å². The van der Waals surface area contributed by atoms with Gasteiger partial charge in [-0.15, -0.1) is 0 Å². The summed E-state index contributed by atoms with van der Waals surface area (Å²) >= 11 is 5.93. The Morgan fingerprint density at radius 3 is 3.05 bits per heavy atom. The third-order valence-electron chi connectivity index (χ3n) is 3.11. The highest BCUT2D eigenvalue weighted by Gasteiger charge is 2.34. The second kappa shape index (κ2) is 5.09. The second-order valence-corrected chi connectivity index (χ2v) is 5.38. The van der Waals surface area contributed by atoms with E-state index in [-0.39, 0.29) is 18.3 Å². The highest BCUT2D eigenvalue weighted by molar-refractivity contribution is 6.30. The molecule has 0 bridgehead atoms. The Kier molecular flexibility index (Phi) is 3.66. The van der Waals surface area contributed by atoms with Gasteiger partial charge in [-0.25, -0.2) is 0 Å². The van der Waals surface area contributed by atoms with Crippen molar-refractivity contribution < 1.29 is 9.53 Å². The molecule has 0 saturated carbocycles. The number of carbonyl (C=O) groups is 1. The lowest BCUT2D eigenvalue weighted by molar-refractivity contribution is -0.123. The number of aryl methyl sites for hydroxylation is 1. The molecule has 1 aliphatic rings. The van der Waals surface area contributed by atoms with Crippen molar-refractivity contribution in [3.05, 3.63) is 28.8 Å². The maximum atomic E-state index is 11.7. The molecular weight excluding hydrogens is 266 g/mol. The van der Waals surface area contributed by atoms with Gasteiger partial charge < -0.3 is 10.5 Å². The third kappa shape index (κ3) is 3.38. The van der Waals surface area contributed by atoms with Crippen molar-refractivity contribution in [1.82, 2.24) is 5.32 Å². The SMILES string of the molecule is CC1(CC(=O)NC(=N)N)CCc2cc(Cl)ccc2O1. The third-order valence-corrected chi connectivity index (χ3v) is 3.35. The van der Waals surface area contributed by atoms with Crippen LogP contribution in [0.15, 0.2) is 18.2 Å². The summed E-state index contributed by atoms with van der Waals surface area (Å²) in [5, 5.41) is 9.99. The molecule has 1 aromatic rings. The molecule has 102 valence electrons. The highest BCUT2D eigenvalue weighted by atomic mass is 35.5. The molecule has 5 nitrogen and oxygen atoms in total. The standard InChI is InChI=1S/C13H16ClN3O2/c1-13(7-11(18)17-12(15)16)5-4-8-6-9(14)2-3-10(8)19-13/h2-3,6H,4-5,7H2,1H3,(H4,15,16,17,18). The first kappa shape index (κ1) is 13.7. The molecule has 1 amide bonds. The monoisotopic (exact) mass is 281 g/mol. The average Bonchev–Trinajstić information content (AvgIpc) is 2.28. The van der Waals surface area contributed by atoms with Crippen LogP contribution in [0.3, 0.4) is 0 Å². The van der Waals surface area contributed by atoms with E-state index >= 15 is 0 Å². The molecule has 1 unspecified atom stereocenters. The fourth-order valence-electron chi connectivity index (χ4n) is 2.22. The number of amides is 1. The second-order valence-electron chi connectivity index (χ2n) is 4.94. The van der Waals surface area contributed by atoms with E-state index in [0.29, 0.717) is 11.4 Å². The molecule has 0 saturated heterocycles. The van der Waals surface area contributed by atoms with Crippen molar-refractivity contribution >= 4 is 23.5 Å². The van der Waals surface area contributed by atoms with Gasteiger partial charge in [-0.3, -0.25) is 15.5 Å². The summed E-state index contributed by atoms with van der Waals surface area (Å²) in [6, 6.07) is 5.46. The van der Waals surface area contributed by atoms with Gasteiger partial charge in [0.05, 0.1) is 6.42 Å². The summed E-state index contributed by atoms with van der Waals surface area (Å²) in [6.07, 6.45) is 1.68. The lowest BCUT2D eigenvalue weighted by atomic mass is 9.89. The summed E-state index contributed by atoms with van der Waals surface area (Å²) in [6.45, 7) is 1.88. The molecule has 2 rings (SSSR count). The molecule has 0 aliphatic carbocycles. The van der Waals surface area contributed by atoms with Crippen LogP contribution in [0.4, 0.5) is 0 Å². The minimum Gasteiger partial charge on any atom is -0.487 e. The number of rotatable bonds is 2. The smallest absolute Gasteiger partial charge is 0.230 e. The van der Waals surface area contributed by atoms with Gasteiger partial charge in [0.1, 0.15) is 11.4 Å². The van der Waals surface area contributed by atoms with E-state index in [9.17, 15) is 4.79 Å². The number of hydrogen-bond acceptors (Lipinski definition) is 3. The van der Waals surface area contributed by atoms with Crippen LogP contribution in [-0.2, 0) is 11.2 Å². The van der Waals surface area contributed by atoms with Crippen molar-refractivity contribution in [2.75, 3.05) is 0 Å². The molecule has 19 heavy (non-hydrogen) atoms. The molecular formula is C13H16ClN3O2. The number of carbonyl (C=O) groups excluding carboxylic acids is 1. The maximum absolute atomic E-state index is 11.7. The van der Waals surface area contributed by atoms with Gasteiger partial charge in [0, 0.05) is 5.02 Å². The van der Waals surface area contributed by atoms with Crippen molar-refractivity contribution in [2.24, 2.45) is 5.73 Å². The summed E-state index contributed by atoms with van der Waals surface area (Å²) in [5.41, 5.74) is 5.60. The predicted molar refractivity (Wildman–Crippen MR) is 73.5 cm³/mol. The molecule has 4 N–H and O–H groups in total. The Balaban J connectivity index is 2.09.